The fourth-order valence-electron chi connectivity index (χ4n) is 3.19. The van der Waals surface area contributed by atoms with Gasteiger partial charge in [-0.2, -0.15) is 0 Å². The van der Waals surface area contributed by atoms with Gasteiger partial charge in [0, 0.05) is 13.0 Å². The van der Waals surface area contributed by atoms with Gasteiger partial charge in [0.15, 0.2) is 0 Å². The van der Waals surface area contributed by atoms with E-state index in [0.29, 0.717) is 0 Å². The summed E-state index contributed by atoms with van der Waals surface area (Å²) in [4.78, 5) is 0. The topological polar surface area (TPSA) is 41.5 Å². The molecule has 1 saturated carbocycles. The Kier molecular flexibility index (Phi) is 4.38. The molecular formula is C15H23NO2. The fraction of sp³-hybridized carbons (Fsp3) is 0.600. The zero-order valence-corrected chi connectivity index (χ0v) is 11.2. The van der Waals surface area contributed by atoms with Crippen molar-refractivity contribution in [2.45, 2.75) is 37.5 Å². The van der Waals surface area contributed by atoms with E-state index >= 15 is 0 Å². The SMILES string of the molecule is CNC(OC)(c1ccccc1)[C@@H]1CCCC[C@H]1O. The van der Waals surface area contributed by atoms with Crippen molar-refractivity contribution in [3.8, 4) is 0 Å². The Morgan fingerprint density at radius 3 is 2.44 bits per heavy atom. The highest BCUT2D eigenvalue weighted by Gasteiger charge is 2.44. The van der Waals surface area contributed by atoms with Gasteiger partial charge in [-0.3, -0.25) is 5.32 Å². The van der Waals surface area contributed by atoms with Crippen LogP contribution < -0.4 is 5.32 Å². The van der Waals surface area contributed by atoms with Gasteiger partial charge in [-0.05, 0) is 25.5 Å². The molecule has 3 nitrogen and oxygen atoms in total. The minimum Gasteiger partial charge on any atom is -0.393 e. The molecule has 3 heteroatoms. The maximum atomic E-state index is 10.3. The second-order valence-electron chi connectivity index (χ2n) is 5.01. The lowest BCUT2D eigenvalue weighted by Gasteiger charge is -2.44. The third-order valence-electron chi connectivity index (χ3n) is 4.15. The highest BCUT2D eigenvalue weighted by Crippen LogP contribution is 2.39. The van der Waals surface area contributed by atoms with Crippen LogP contribution in [0.15, 0.2) is 30.3 Å². The Hall–Kier alpha value is -0.900. The molecule has 1 aromatic rings. The Morgan fingerprint density at radius 1 is 1.22 bits per heavy atom. The van der Waals surface area contributed by atoms with Gasteiger partial charge in [0.05, 0.1) is 6.10 Å². The van der Waals surface area contributed by atoms with Crippen LogP contribution in [0.1, 0.15) is 31.2 Å². The van der Waals surface area contributed by atoms with Crippen LogP contribution in [0.5, 0.6) is 0 Å². The minimum atomic E-state index is -0.582. The van der Waals surface area contributed by atoms with E-state index in [1.54, 1.807) is 7.11 Å². The number of rotatable bonds is 4. The Labute approximate surface area is 109 Å². The standard InChI is InChI=1S/C15H23NO2/c1-16-15(18-2,12-8-4-3-5-9-12)13-10-6-7-11-14(13)17/h3-5,8-9,13-14,16-17H,6-7,10-11H2,1-2H3/t13-,14-,15?/m1/s1. The molecule has 0 aliphatic heterocycles. The predicted octanol–water partition coefficient (Wildman–Crippen LogP) is 2.26. The second kappa shape index (κ2) is 5.83. The van der Waals surface area contributed by atoms with E-state index < -0.39 is 5.72 Å². The monoisotopic (exact) mass is 249 g/mol. The van der Waals surface area contributed by atoms with Crippen molar-refractivity contribution in [2.24, 2.45) is 5.92 Å². The second-order valence-corrected chi connectivity index (χ2v) is 5.01. The van der Waals surface area contributed by atoms with Crippen LogP contribution in [-0.2, 0) is 10.5 Å². The first-order valence-corrected chi connectivity index (χ1v) is 6.72. The molecule has 1 fully saturated rings. The highest BCUT2D eigenvalue weighted by molar-refractivity contribution is 5.23. The maximum Gasteiger partial charge on any atom is 0.149 e. The molecule has 1 aliphatic rings. The van der Waals surface area contributed by atoms with Crippen LogP contribution >= 0.6 is 0 Å². The van der Waals surface area contributed by atoms with Crippen LogP contribution in [0.2, 0.25) is 0 Å². The quantitative estimate of drug-likeness (QED) is 0.804. The van der Waals surface area contributed by atoms with E-state index in [1.165, 1.54) is 0 Å². The van der Waals surface area contributed by atoms with Crippen molar-refractivity contribution in [1.82, 2.24) is 5.32 Å². The van der Waals surface area contributed by atoms with E-state index in [-0.39, 0.29) is 12.0 Å². The highest BCUT2D eigenvalue weighted by atomic mass is 16.5. The zero-order valence-electron chi connectivity index (χ0n) is 11.2. The van der Waals surface area contributed by atoms with E-state index in [2.05, 4.69) is 17.4 Å². The summed E-state index contributed by atoms with van der Waals surface area (Å²) in [6, 6.07) is 10.1. The third kappa shape index (κ3) is 2.30. The average molecular weight is 249 g/mol. The summed E-state index contributed by atoms with van der Waals surface area (Å²) < 4.78 is 5.81. The molecule has 0 spiro atoms. The van der Waals surface area contributed by atoms with Crippen molar-refractivity contribution in [3.05, 3.63) is 35.9 Å². The Balaban J connectivity index is 2.36. The summed E-state index contributed by atoms with van der Waals surface area (Å²) in [6.45, 7) is 0. The summed E-state index contributed by atoms with van der Waals surface area (Å²) in [5.41, 5.74) is 0.502. The van der Waals surface area contributed by atoms with E-state index in [0.717, 1.165) is 31.2 Å². The zero-order chi connectivity index (χ0) is 13.0. The number of nitrogens with one attached hydrogen (secondary N) is 1. The molecule has 1 aliphatic carbocycles. The van der Waals surface area contributed by atoms with Crippen LogP contribution in [-0.4, -0.2) is 25.4 Å². The average Bonchev–Trinajstić information content (AvgIpc) is 2.44. The van der Waals surface area contributed by atoms with Crippen LogP contribution in [0.25, 0.3) is 0 Å². The van der Waals surface area contributed by atoms with Gasteiger partial charge in [-0.25, -0.2) is 0 Å². The van der Waals surface area contributed by atoms with E-state index in [1.807, 2.05) is 25.2 Å². The molecule has 100 valence electrons. The molecule has 0 amide bonds. The van der Waals surface area contributed by atoms with E-state index in [4.69, 9.17) is 4.74 Å². The first-order valence-electron chi connectivity index (χ1n) is 6.72. The number of hydrogen-bond donors (Lipinski definition) is 2. The fourth-order valence-corrected chi connectivity index (χ4v) is 3.19. The lowest BCUT2D eigenvalue weighted by molar-refractivity contribution is -0.135. The van der Waals surface area contributed by atoms with Gasteiger partial charge in [-0.15, -0.1) is 0 Å². The number of ether oxygens (including phenoxy) is 1. The predicted molar refractivity (Wildman–Crippen MR) is 72.2 cm³/mol. The molecular weight excluding hydrogens is 226 g/mol. The van der Waals surface area contributed by atoms with Gasteiger partial charge in [-0.1, -0.05) is 43.2 Å². The number of aliphatic hydroxyl groups excluding tert-OH is 1. The van der Waals surface area contributed by atoms with Gasteiger partial charge in [0.1, 0.15) is 5.72 Å². The van der Waals surface area contributed by atoms with Crippen molar-refractivity contribution in [2.75, 3.05) is 14.2 Å². The lowest BCUT2D eigenvalue weighted by Crippen LogP contribution is -2.53. The van der Waals surface area contributed by atoms with Crippen molar-refractivity contribution >= 4 is 0 Å². The molecule has 1 aromatic carbocycles. The maximum absolute atomic E-state index is 10.3. The molecule has 0 bridgehead atoms. The summed E-state index contributed by atoms with van der Waals surface area (Å²) >= 11 is 0. The number of aliphatic hydroxyl groups is 1. The number of benzene rings is 1. The molecule has 2 N–H and O–H groups in total. The van der Waals surface area contributed by atoms with Crippen LogP contribution in [0.3, 0.4) is 0 Å². The van der Waals surface area contributed by atoms with Gasteiger partial charge >= 0.3 is 0 Å². The molecule has 0 radical (unpaired) electrons. The summed E-state index contributed by atoms with van der Waals surface area (Å²) in [5.74, 6) is 0.101. The van der Waals surface area contributed by atoms with Crippen LogP contribution in [0, 0.1) is 5.92 Å². The largest absolute Gasteiger partial charge is 0.393 e. The van der Waals surface area contributed by atoms with Gasteiger partial charge in [0.25, 0.3) is 0 Å². The number of hydrogen-bond acceptors (Lipinski definition) is 3. The Bertz CT molecular complexity index is 362. The first-order chi connectivity index (χ1) is 8.74. The van der Waals surface area contributed by atoms with Crippen molar-refractivity contribution in [3.63, 3.8) is 0 Å². The lowest BCUT2D eigenvalue weighted by atomic mass is 9.76. The molecule has 2 rings (SSSR count). The molecule has 0 saturated heterocycles. The van der Waals surface area contributed by atoms with Crippen molar-refractivity contribution in [1.29, 1.82) is 0 Å². The summed E-state index contributed by atoms with van der Waals surface area (Å²) in [7, 11) is 3.61. The van der Waals surface area contributed by atoms with Gasteiger partial charge < -0.3 is 9.84 Å². The normalized spacial score (nSPS) is 27.7. The summed E-state index contributed by atoms with van der Waals surface area (Å²) in [6.07, 6.45) is 3.82. The summed E-state index contributed by atoms with van der Waals surface area (Å²) in [5, 5.41) is 13.6. The molecule has 3 atom stereocenters. The smallest absolute Gasteiger partial charge is 0.149 e. The molecule has 1 unspecified atom stereocenters. The molecule has 0 heterocycles. The number of methoxy groups -OCH3 is 1. The Morgan fingerprint density at radius 2 is 1.89 bits per heavy atom. The van der Waals surface area contributed by atoms with E-state index in [9.17, 15) is 5.11 Å². The molecule has 0 aromatic heterocycles. The first kappa shape index (κ1) is 13.5. The van der Waals surface area contributed by atoms with Crippen LogP contribution in [0.4, 0.5) is 0 Å². The minimum absolute atomic E-state index is 0.101. The molecule has 18 heavy (non-hydrogen) atoms. The third-order valence-corrected chi connectivity index (χ3v) is 4.15. The van der Waals surface area contributed by atoms with Crippen molar-refractivity contribution < 1.29 is 9.84 Å². The van der Waals surface area contributed by atoms with Gasteiger partial charge in [0.2, 0.25) is 0 Å².